The average Bonchev–Trinajstić information content (AvgIpc) is 2.48. The summed E-state index contributed by atoms with van der Waals surface area (Å²) in [5, 5.41) is 12.0. The van der Waals surface area contributed by atoms with Crippen LogP contribution >= 0.6 is 0 Å². The molecule has 0 bridgehead atoms. The second-order valence-corrected chi connectivity index (χ2v) is 4.41. The number of rotatable bonds is 5. The van der Waals surface area contributed by atoms with E-state index >= 15 is 0 Å². The first-order chi connectivity index (χ1) is 9.72. The Labute approximate surface area is 118 Å². The molecule has 0 saturated heterocycles. The molecule has 0 amide bonds. The maximum atomic E-state index is 8.80. The molecule has 0 radical (unpaired) electrons. The second kappa shape index (κ2) is 6.48. The molecule has 2 rings (SSSR count). The molecule has 2 aromatic carbocycles. The van der Waals surface area contributed by atoms with Gasteiger partial charge in [-0.05, 0) is 48.9 Å². The van der Waals surface area contributed by atoms with Gasteiger partial charge >= 0.3 is 0 Å². The van der Waals surface area contributed by atoms with Crippen LogP contribution < -0.4 is 15.8 Å². The smallest absolute Gasteiger partial charge is 0.119 e. The maximum Gasteiger partial charge on any atom is 0.119 e. The van der Waals surface area contributed by atoms with Crippen LogP contribution in [-0.4, -0.2) is 6.61 Å². The zero-order chi connectivity index (χ0) is 14.4. The van der Waals surface area contributed by atoms with Gasteiger partial charge in [-0.15, -0.1) is 0 Å². The van der Waals surface area contributed by atoms with Gasteiger partial charge in [0.05, 0.1) is 29.6 Å². The SMILES string of the molecule is CCCOc1ccc(Nc2ccc(C#N)cc2N)cc1. The van der Waals surface area contributed by atoms with Crippen molar-refractivity contribution in [1.82, 2.24) is 0 Å². The molecule has 4 nitrogen and oxygen atoms in total. The average molecular weight is 267 g/mol. The van der Waals surface area contributed by atoms with Crippen LogP contribution in [0.15, 0.2) is 42.5 Å². The van der Waals surface area contributed by atoms with Crippen molar-refractivity contribution in [3.8, 4) is 11.8 Å². The number of nitrogens with one attached hydrogen (secondary N) is 1. The fourth-order valence-corrected chi connectivity index (χ4v) is 1.76. The lowest BCUT2D eigenvalue weighted by Gasteiger charge is -2.10. The Balaban J connectivity index is 2.08. The third kappa shape index (κ3) is 3.42. The van der Waals surface area contributed by atoms with Crippen molar-refractivity contribution < 1.29 is 4.74 Å². The van der Waals surface area contributed by atoms with Crippen LogP contribution in [-0.2, 0) is 0 Å². The number of hydrogen-bond acceptors (Lipinski definition) is 4. The van der Waals surface area contributed by atoms with Crippen molar-refractivity contribution in [3.05, 3.63) is 48.0 Å². The number of ether oxygens (including phenoxy) is 1. The van der Waals surface area contributed by atoms with Crippen molar-refractivity contribution in [3.63, 3.8) is 0 Å². The molecule has 0 aliphatic carbocycles. The molecule has 20 heavy (non-hydrogen) atoms. The highest BCUT2D eigenvalue weighted by molar-refractivity contribution is 5.74. The van der Waals surface area contributed by atoms with Gasteiger partial charge in [0.2, 0.25) is 0 Å². The van der Waals surface area contributed by atoms with Crippen LogP contribution in [0.1, 0.15) is 18.9 Å². The number of nitrogens with two attached hydrogens (primary N) is 1. The van der Waals surface area contributed by atoms with E-state index in [2.05, 4.69) is 18.3 Å². The molecule has 0 fully saturated rings. The van der Waals surface area contributed by atoms with E-state index in [0.29, 0.717) is 11.3 Å². The van der Waals surface area contributed by atoms with E-state index in [1.54, 1.807) is 18.2 Å². The van der Waals surface area contributed by atoms with E-state index in [-0.39, 0.29) is 0 Å². The van der Waals surface area contributed by atoms with Gasteiger partial charge in [0, 0.05) is 5.69 Å². The molecule has 0 unspecified atom stereocenters. The zero-order valence-corrected chi connectivity index (χ0v) is 11.4. The first-order valence-corrected chi connectivity index (χ1v) is 6.52. The Bertz CT molecular complexity index is 615. The highest BCUT2D eigenvalue weighted by Gasteiger charge is 2.02. The van der Waals surface area contributed by atoms with E-state index in [0.717, 1.165) is 30.2 Å². The third-order valence-corrected chi connectivity index (χ3v) is 2.79. The minimum atomic E-state index is 0.551. The van der Waals surface area contributed by atoms with Crippen LogP contribution in [0.5, 0.6) is 5.75 Å². The highest BCUT2D eigenvalue weighted by Crippen LogP contribution is 2.25. The van der Waals surface area contributed by atoms with E-state index in [1.165, 1.54) is 0 Å². The van der Waals surface area contributed by atoms with Crippen LogP contribution in [0.3, 0.4) is 0 Å². The Morgan fingerprint density at radius 2 is 1.95 bits per heavy atom. The maximum absolute atomic E-state index is 8.80. The van der Waals surface area contributed by atoms with Crippen molar-refractivity contribution in [1.29, 1.82) is 5.26 Å². The predicted octanol–water partition coefficient (Wildman–Crippen LogP) is 3.67. The zero-order valence-electron chi connectivity index (χ0n) is 11.4. The fraction of sp³-hybridized carbons (Fsp3) is 0.188. The molecule has 0 aliphatic rings. The summed E-state index contributed by atoms with van der Waals surface area (Å²) in [6.07, 6.45) is 0.988. The lowest BCUT2D eigenvalue weighted by atomic mass is 10.2. The molecular weight excluding hydrogens is 250 g/mol. The van der Waals surface area contributed by atoms with Crippen LogP contribution in [0.4, 0.5) is 17.1 Å². The number of nitriles is 1. The highest BCUT2D eigenvalue weighted by atomic mass is 16.5. The molecular formula is C16H17N3O. The van der Waals surface area contributed by atoms with Gasteiger partial charge in [-0.1, -0.05) is 6.92 Å². The number of benzene rings is 2. The van der Waals surface area contributed by atoms with Crippen molar-refractivity contribution in [2.24, 2.45) is 0 Å². The number of hydrogen-bond donors (Lipinski definition) is 2. The van der Waals surface area contributed by atoms with Gasteiger partial charge in [-0.25, -0.2) is 0 Å². The van der Waals surface area contributed by atoms with E-state index in [1.807, 2.05) is 24.3 Å². The quantitative estimate of drug-likeness (QED) is 0.811. The molecule has 0 spiro atoms. The van der Waals surface area contributed by atoms with Gasteiger partial charge in [0.1, 0.15) is 5.75 Å². The first kappa shape index (κ1) is 13.8. The summed E-state index contributed by atoms with van der Waals surface area (Å²) in [4.78, 5) is 0. The van der Waals surface area contributed by atoms with Crippen LogP contribution in [0.25, 0.3) is 0 Å². The molecule has 102 valence electrons. The third-order valence-electron chi connectivity index (χ3n) is 2.79. The summed E-state index contributed by atoms with van der Waals surface area (Å²) in [6, 6.07) is 14.9. The van der Waals surface area contributed by atoms with E-state index in [4.69, 9.17) is 15.7 Å². The molecule has 0 aromatic heterocycles. The van der Waals surface area contributed by atoms with Crippen molar-refractivity contribution >= 4 is 17.1 Å². The van der Waals surface area contributed by atoms with Gasteiger partial charge < -0.3 is 15.8 Å². The molecule has 4 heteroatoms. The fourth-order valence-electron chi connectivity index (χ4n) is 1.76. The summed E-state index contributed by atoms with van der Waals surface area (Å²) in [5.41, 5.74) is 8.71. The van der Waals surface area contributed by atoms with Crippen molar-refractivity contribution in [2.45, 2.75) is 13.3 Å². The van der Waals surface area contributed by atoms with Gasteiger partial charge in [-0.3, -0.25) is 0 Å². The van der Waals surface area contributed by atoms with Gasteiger partial charge in [0.15, 0.2) is 0 Å². The standard InChI is InChI=1S/C16H17N3O/c1-2-9-20-14-6-4-13(5-7-14)19-16-8-3-12(11-17)10-15(16)18/h3-8,10,19H,2,9,18H2,1H3. The summed E-state index contributed by atoms with van der Waals surface area (Å²) < 4.78 is 5.53. The summed E-state index contributed by atoms with van der Waals surface area (Å²) >= 11 is 0. The minimum Gasteiger partial charge on any atom is -0.494 e. The van der Waals surface area contributed by atoms with Crippen LogP contribution in [0, 0.1) is 11.3 Å². The summed E-state index contributed by atoms with van der Waals surface area (Å²) in [5.74, 6) is 0.852. The second-order valence-electron chi connectivity index (χ2n) is 4.41. The predicted molar refractivity (Wildman–Crippen MR) is 81.1 cm³/mol. The van der Waals surface area contributed by atoms with Crippen LogP contribution in [0.2, 0.25) is 0 Å². The molecule has 0 aliphatic heterocycles. The lowest BCUT2D eigenvalue weighted by Crippen LogP contribution is -1.98. The topological polar surface area (TPSA) is 71.1 Å². The Kier molecular flexibility index (Phi) is 4.46. The van der Waals surface area contributed by atoms with E-state index in [9.17, 15) is 0 Å². The normalized spacial score (nSPS) is 9.80. The number of nitrogens with zero attached hydrogens (tertiary/aromatic N) is 1. The summed E-state index contributed by atoms with van der Waals surface area (Å²) in [7, 11) is 0. The lowest BCUT2D eigenvalue weighted by molar-refractivity contribution is 0.317. The monoisotopic (exact) mass is 267 g/mol. The number of anilines is 3. The van der Waals surface area contributed by atoms with Gasteiger partial charge in [0.25, 0.3) is 0 Å². The number of nitrogen functional groups attached to an aromatic ring is 1. The Hall–Kier alpha value is -2.67. The van der Waals surface area contributed by atoms with Gasteiger partial charge in [-0.2, -0.15) is 5.26 Å². The molecule has 2 aromatic rings. The first-order valence-electron chi connectivity index (χ1n) is 6.52. The minimum absolute atomic E-state index is 0.551. The Morgan fingerprint density at radius 3 is 2.55 bits per heavy atom. The Morgan fingerprint density at radius 1 is 1.20 bits per heavy atom. The molecule has 3 N–H and O–H groups in total. The van der Waals surface area contributed by atoms with E-state index < -0.39 is 0 Å². The molecule has 0 heterocycles. The van der Waals surface area contributed by atoms with Crippen molar-refractivity contribution in [2.75, 3.05) is 17.7 Å². The molecule has 0 atom stereocenters. The summed E-state index contributed by atoms with van der Waals surface area (Å²) in [6.45, 7) is 2.79. The molecule has 0 saturated carbocycles. The largest absolute Gasteiger partial charge is 0.494 e.